The Morgan fingerprint density at radius 3 is 1.77 bits per heavy atom. The maximum atomic E-state index is 2.35. The molecule has 1 aliphatic carbocycles. The predicted octanol–water partition coefficient (Wildman–Crippen LogP) is 4.44. The molecule has 1 rings (SSSR count). The summed E-state index contributed by atoms with van der Waals surface area (Å²) >= 11 is 0. The summed E-state index contributed by atoms with van der Waals surface area (Å²) in [5.74, 6) is 0. The molecule has 0 nitrogen and oxygen atoms in total. The summed E-state index contributed by atoms with van der Waals surface area (Å²) in [6.07, 6.45) is 22.0. The summed E-state index contributed by atoms with van der Waals surface area (Å²) < 4.78 is 0. The molecule has 0 aromatic carbocycles. The topological polar surface area (TPSA) is 0 Å². The standard InChI is InChI=1S/C13H21/c1-2-4-6-8-10-12-13-11-9-7-5-3-1/h1-3,12-13H,4-11H2/b2-1+,13-12+. The third-order valence-electron chi connectivity index (χ3n) is 2.42. The van der Waals surface area contributed by atoms with Crippen molar-refractivity contribution in [3.05, 3.63) is 30.7 Å². The van der Waals surface area contributed by atoms with Crippen LogP contribution in [0.5, 0.6) is 0 Å². The van der Waals surface area contributed by atoms with Gasteiger partial charge < -0.3 is 0 Å². The van der Waals surface area contributed by atoms with Crippen LogP contribution < -0.4 is 0 Å². The summed E-state index contributed by atoms with van der Waals surface area (Å²) in [7, 11) is 0. The van der Waals surface area contributed by atoms with E-state index < -0.39 is 0 Å². The zero-order valence-electron chi connectivity index (χ0n) is 8.54. The van der Waals surface area contributed by atoms with Crippen LogP contribution >= 0.6 is 0 Å². The van der Waals surface area contributed by atoms with Gasteiger partial charge in [-0.2, -0.15) is 0 Å². The van der Waals surface area contributed by atoms with Crippen LogP contribution in [0.3, 0.4) is 0 Å². The molecule has 0 spiro atoms. The Morgan fingerprint density at radius 2 is 1.08 bits per heavy atom. The largest absolute Gasteiger partial charge is 0.0885 e. The Bertz CT molecular complexity index is 135. The van der Waals surface area contributed by atoms with E-state index in [1.54, 1.807) is 0 Å². The van der Waals surface area contributed by atoms with E-state index in [0.717, 1.165) is 0 Å². The molecule has 0 aromatic rings. The van der Waals surface area contributed by atoms with Crippen molar-refractivity contribution in [2.45, 2.75) is 51.4 Å². The van der Waals surface area contributed by atoms with Gasteiger partial charge in [-0.25, -0.2) is 0 Å². The fourth-order valence-electron chi connectivity index (χ4n) is 1.57. The van der Waals surface area contributed by atoms with E-state index in [1.807, 2.05) is 0 Å². The fourth-order valence-corrected chi connectivity index (χ4v) is 1.57. The van der Waals surface area contributed by atoms with Gasteiger partial charge in [0, 0.05) is 0 Å². The van der Waals surface area contributed by atoms with Gasteiger partial charge in [-0.05, 0) is 51.4 Å². The van der Waals surface area contributed by atoms with E-state index in [2.05, 4.69) is 30.7 Å². The van der Waals surface area contributed by atoms with Gasteiger partial charge in [-0.1, -0.05) is 30.7 Å². The summed E-state index contributed by atoms with van der Waals surface area (Å²) in [5.41, 5.74) is 0. The molecule has 0 N–H and O–H groups in total. The molecule has 0 bridgehead atoms. The van der Waals surface area contributed by atoms with Crippen molar-refractivity contribution < 1.29 is 0 Å². The Kier molecular flexibility index (Phi) is 6.58. The lowest BCUT2D eigenvalue weighted by molar-refractivity contribution is 0.743. The van der Waals surface area contributed by atoms with Gasteiger partial charge in [0.15, 0.2) is 0 Å². The molecule has 0 saturated heterocycles. The molecular weight excluding hydrogens is 156 g/mol. The van der Waals surface area contributed by atoms with Crippen LogP contribution in [-0.4, -0.2) is 0 Å². The highest BCUT2D eigenvalue weighted by Crippen LogP contribution is 2.08. The van der Waals surface area contributed by atoms with E-state index in [1.165, 1.54) is 51.4 Å². The van der Waals surface area contributed by atoms with E-state index in [4.69, 9.17) is 0 Å². The molecule has 13 heavy (non-hydrogen) atoms. The van der Waals surface area contributed by atoms with Crippen LogP contribution in [0.15, 0.2) is 24.3 Å². The third kappa shape index (κ3) is 6.62. The number of allylic oxidation sites excluding steroid dienone is 4. The lowest BCUT2D eigenvalue weighted by atomic mass is 10.1. The van der Waals surface area contributed by atoms with Crippen molar-refractivity contribution in [3.8, 4) is 0 Å². The van der Waals surface area contributed by atoms with Crippen molar-refractivity contribution in [2.24, 2.45) is 0 Å². The first-order valence-corrected chi connectivity index (χ1v) is 5.63. The van der Waals surface area contributed by atoms with Crippen LogP contribution in [0.2, 0.25) is 0 Å². The molecular formula is C13H21. The molecule has 0 heterocycles. The van der Waals surface area contributed by atoms with Crippen molar-refractivity contribution in [3.63, 3.8) is 0 Å². The lowest BCUT2D eigenvalue weighted by Crippen LogP contribution is -1.75. The Balaban J connectivity index is 2.18. The smallest absolute Gasteiger partial charge is 0.0171 e. The molecule has 1 radical (unpaired) electrons. The van der Waals surface area contributed by atoms with Crippen molar-refractivity contribution in [2.75, 3.05) is 0 Å². The van der Waals surface area contributed by atoms with Crippen LogP contribution in [0.4, 0.5) is 0 Å². The molecule has 0 fully saturated rings. The Hall–Kier alpha value is -0.520. The minimum atomic E-state index is 1.25. The van der Waals surface area contributed by atoms with Gasteiger partial charge in [-0.3, -0.25) is 0 Å². The lowest BCUT2D eigenvalue weighted by Gasteiger charge is -1.93. The number of rotatable bonds is 0. The van der Waals surface area contributed by atoms with Gasteiger partial charge in [0.1, 0.15) is 0 Å². The first kappa shape index (κ1) is 10.6. The molecule has 0 heteroatoms. The second-order valence-electron chi connectivity index (χ2n) is 3.70. The van der Waals surface area contributed by atoms with Gasteiger partial charge >= 0.3 is 0 Å². The maximum Gasteiger partial charge on any atom is -0.0171 e. The second kappa shape index (κ2) is 8.10. The minimum absolute atomic E-state index is 1.25. The predicted molar refractivity (Wildman–Crippen MR) is 59.5 cm³/mol. The van der Waals surface area contributed by atoms with Crippen LogP contribution in [0.1, 0.15) is 51.4 Å². The SMILES string of the molecule is [CH]1/C=C/CCCC/C=C/CCCC1. The quantitative estimate of drug-likeness (QED) is 0.480. The van der Waals surface area contributed by atoms with Crippen molar-refractivity contribution >= 4 is 0 Å². The van der Waals surface area contributed by atoms with Crippen molar-refractivity contribution in [1.29, 1.82) is 0 Å². The normalized spacial score (nSPS) is 26.5. The third-order valence-corrected chi connectivity index (χ3v) is 2.42. The number of hydrogen-bond donors (Lipinski definition) is 0. The van der Waals surface area contributed by atoms with Gasteiger partial charge in [-0.15, -0.1) is 0 Å². The Morgan fingerprint density at radius 1 is 0.538 bits per heavy atom. The summed E-state index contributed by atoms with van der Waals surface area (Å²) in [5, 5.41) is 0. The average molecular weight is 177 g/mol. The van der Waals surface area contributed by atoms with Crippen LogP contribution in [0, 0.1) is 6.42 Å². The zero-order valence-corrected chi connectivity index (χ0v) is 8.54. The van der Waals surface area contributed by atoms with E-state index in [-0.39, 0.29) is 0 Å². The summed E-state index contributed by atoms with van der Waals surface area (Å²) in [4.78, 5) is 0. The van der Waals surface area contributed by atoms with Crippen LogP contribution in [-0.2, 0) is 0 Å². The Labute approximate surface area is 82.7 Å². The molecule has 0 amide bonds. The molecule has 0 unspecified atom stereocenters. The monoisotopic (exact) mass is 177 g/mol. The maximum absolute atomic E-state index is 2.35. The van der Waals surface area contributed by atoms with E-state index in [0.29, 0.717) is 0 Å². The molecule has 1 aliphatic rings. The molecule has 0 atom stereocenters. The van der Waals surface area contributed by atoms with Gasteiger partial charge in [0.2, 0.25) is 0 Å². The second-order valence-corrected chi connectivity index (χ2v) is 3.70. The van der Waals surface area contributed by atoms with Gasteiger partial charge in [0.25, 0.3) is 0 Å². The van der Waals surface area contributed by atoms with E-state index >= 15 is 0 Å². The highest BCUT2D eigenvalue weighted by molar-refractivity contribution is 4.94. The first-order valence-electron chi connectivity index (χ1n) is 5.63. The number of hydrogen-bond acceptors (Lipinski definition) is 0. The average Bonchev–Trinajstić information content (AvgIpc) is 2.18. The van der Waals surface area contributed by atoms with Gasteiger partial charge in [0.05, 0.1) is 0 Å². The molecule has 73 valence electrons. The summed E-state index contributed by atoms with van der Waals surface area (Å²) in [6.45, 7) is 0. The molecule has 0 saturated carbocycles. The molecule has 0 aliphatic heterocycles. The zero-order chi connectivity index (χ0) is 9.19. The fraction of sp³-hybridized carbons (Fsp3) is 0.615. The van der Waals surface area contributed by atoms with Crippen LogP contribution in [0.25, 0.3) is 0 Å². The molecule has 0 aromatic heterocycles. The van der Waals surface area contributed by atoms with Crippen molar-refractivity contribution in [1.82, 2.24) is 0 Å². The minimum Gasteiger partial charge on any atom is -0.0885 e. The summed E-state index contributed by atoms with van der Waals surface area (Å²) in [6, 6.07) is 0. The highest BCUT2D eigenvalue weighted by atomic mass is 13.9. The highest BCUT2D eigenvalue weighted by Gasteiger charge is 1.88. The first-order chi connectivity index (χ1) is 6.50. The van der Waals surface area contributed by atoms with E-state index in [9.17, 15) is 0 Å².